The number of alkyl halides is 3. The van der Waals surface area contributed by atoms with Gasteiger partial charge in [0.05, 0.1) is 6.54 Å². The summed E-state index contributed by atoms with van der Waals surface area (Å²) in [5, 5.41) is 8.83. The summed E-state index contributed by atoms with van der Waals surface area (Å²) in [6.45, 7) is -0.128. The molecule has 7 nitrogen and oxygen atoms in total. The van der Waals surface area contributed by atoms with Crippen molar-refractivity contribution < 1.29 is 27.6 Å². The Morgan fingerprint density at radius 3 is 2.34 bits per heavy atom. The lowest BCUT2D eigenvalue weighted by molar-refractivity contribution is -0.124. The number of hydrogen-bond acceptors (Lipinski definition) is 4. The van der Waals surface area contributed by atoms with E-state index < -0.39 is 24.7 Å². The zero-order chi connectivity index (χ0) is 21.4. The Labute approximate surface area is 164 Å². The van der Waals surface area contributed by atoms with E-state index in [-0.39, 0.29) is 12.5 Å². The Bertz CT molecular complexity index is 886. The average Bonchev–Trinajstić information content (AvgIpc) is 2.67. The molecule has 0 radical (unpaired) electrons. The van der Waals surface area contributed by atoms with Gasteiger partial charge < -0.3 is 16.0 Å². The van der Waals surface area contributed by atoms with Crippen LogP contribution in [-0.4, -0.2) is 37.1 Å². The average molecular weight is 408 g/mol. The predicted octanol–water partition coefficient (Wildman–Crippen LogP) is 3.05. The van der Waals surface area contributed by atoms with Gasteiger partial charge in [-0.05, 0) is 36.8 Å². The van der Waals surface area contributed by atoms with Crippen LogP contribution in [0.5, 0.6) is 0 Å². The highest BCUT2D eigenvalue weighted by Crippen LogP contribution is 2.20. The second kappa shape index (κ2) is 9.58. The fourth-order valence-corrected chi connectivity index (χ4v) is 2.25. The maximum Gasteiger partial charge on any atom is 0.405 e. The SMILES string of the molecule is Cc1ccc(NC(=O)c2ccccc2)cc1NCC(=O)NC(=O)NCC(F)(F)F. The van der Waals surface area contributed by atoms with E-state index in [9.17, 15) is 27.6 Å². The molecular formula is C19H19F3N4O3. The lowest BCUT2D eigenvalue weighted by atomic mass is 10.1. The first-order valence-corrected chi connectivity index (χ1v) is 8.49. The van der Waals surface area contributed by atoms with E-state index in [4.69, 9.17) is 0 Å². The number of amides is 4. The number of imide groups is 1. The van der Waals surface area contributed by atoms with Gasteiger partial charge in [-0.25, -0.2) is 4.79 Å². The summed E-state index contributed by atoms with van der Waals surface area (Å²) in [7, 11) is 0. The van der Waals surface area contributed by atoms with E-state index in [2.05, 4.69) is 10.6 Å². The van der Waals surface area contributed by atoms with Gasteiger partial charge in [-0.15, -0.1) is 0 Å². The number of benzene rings is 2. The van der Waals surface area contributed by atoms with Crippen LogP contribution in [0.4, 0.5) is 29.3 Å². The molecule has 0 unspecified atom stereocenters. The Hall–Kier alpha value is -3.56. The monoisotopic (exact) mass is 408 g/mol. The van der Waals surface area contributed by atoms with Gasteiger partial charge in [0, 0.05) is 16.9 Å². The van der Waals surface area contributed by atoms with Gasteiger partial charge in [0.2, 0.25) is 5.91 Å². The van der Waals surface area contributed by atoms with E-state index in [1.165, 1.54) is 5.32 Å². The number of halogens is 3. The Morgan fingerprint density at radius 1 is 1.00 bits per heavy atom. The van der Waals surface area contributed by atoms with Crippen LogP contribution >= 0.6 is 0 Å². The van der Waals surface area contributed by atoms with E-state index in [1.54, 1.807) is 60.8 Å². The van der Waals surface area contributed by atoms with Gasteiger partial charge in [0.15, 0.2) is 0 Å². The Balaban J connectivity index is 1.90. The van der Waals surface area contributed by atoms with E-state index in [1.807, 2.05) is 0 Å². The number of rotatable bonds is 6. The fraction of sp³-hybridized carbons (Fsp3) is 0.211. The first-order valence-electron chi connectivity index (χ1n) is 8.49. The number of nitrogens with one attached hydrogen (secondary N) is 4. The van der Waals surface area contributed by atoms with Crippen LogP contribution in [0.15, 0.2) is 48.5 Å². The lowest BCUT2D eigenvalue weighted by Gasteiger charge is -2.13. The first-order chi connectivity index (χ1) is 13.6. The van der Waals surface area contributed by atoms with Gasteiger partial charge in [0.1, 0.15) is 6.54 Å². The molecule has 0 aliphatic heterocycles. The molecule has 0 atom stereocenters. The van der Waals surface area contributed by atoms with Crippen LogP contribution in [0.1, 0.15) is 15.9 Å². The molecule has 0 saturated carbocycles. The number of carbonyl (C=O) groups is 3. The minimum atomic E-state index is -4.57. The minimum Gasteiger partial charge on any atom is -0.376 e. The largest absolute Gasteiger partial charge is 0.405 e. The standard InChI is InChI=1S/C19H19F3N4O3/c1-12-7-8-14(25-17(28)13-5-3-2-4-6-13)9-15(12)23-10-16(27)26-18(29)24-11-19(20,21)22/h2-9,23H,10-11H2,1H3,(H,25,28)(H2,24,26,27,29). The zero-order valence-electron chi connectivity index (χ0n) is 15.4. The molecule has 154 valence electrons. The fourth-order valence-electron chi connectivity index (χ4n) is 2.25. The maximum atomic E-state index is 12.2. The lowest BCUT2D eigenvalue weighted by Crippen LogP contribution is -2.45. The number of aryl methyl sites for hydroxylation is 1. The van der Waals surface area contributed by atoms with E-state index in [0.29, 0.717) is 16.9 Å². The highest BCUT2D eigenvalue weighted by atomic mass is 19.4. The van der Waals surface area contributed by atoms with Crippen molar-refractivity contribution in [3.8, 4) is 0 Å². The molecule has 0 spiro atoms. The van der Waals surface area contributed by atoms with Crippen molar-refractivity contribution in [1.29, 1.82) is 0 Å². The van der Waals surface area contributed by atoms with Crippen LogP contribution in [-0.2, 0) is 4.79 Å². The summed E-state index contributed by atoms with van der Waals surface area (Å²) in [6.07, 6.45) is -4.57. The topological polar surface area (TPSA) is 99.3 Å². The summed E-state index contributed by atoms with van der Waals surface area (Å²) in [5.74, 6) is -1.12. The van der Waals surface area contributed by atoms with Crippen molar-refractivity contribution in [2.24, 2.45) is 0 Å². The quantitative estimate of drug-likeness (QED) is 0.590. The molecule has 0 saturated heterocycles. The van der Waals surface area contributed by atoms with Crippen molar-refractivity contribution >= 4 is 29.2 Å². The molecule has 0 aliphatic rings. The molecular weight excluding hydrogens is 389 g/mol. The molecule has 10 heteroatoms. The Kier molecular flexibility index (Phi) is 7.18. The van der Waals surface area contributed by atoms with Crippen molar-refractivity contribution in [1.82, 2.24) is 10.6 Å². The van der Waals surface area contributed by atoms with Crippen LogP contribution < -0.4 is 21.3 Å². The van der Waals surface area contributed by atoms with Crippen molar-refractivity contribution in [3.05, 3.63) is 59.7 Å². The smallest absolute Gasteiger partial charge is 0.376 e. The van der Waals surface area contributed by atoms with Crippen LogP contribution in [0.25, 0.3) is 0 Å². The number of carbonyl (C=O) groups excluding carboxylic acids is 3. The van der Waals surface area contributed by atoms with Gasteiger partial charge in [-0.1, -0.05) is 24.3 Å². The molecule has 4 N–H and O–H groups in total. The number of urea groups is 1. The van der Waals surface area contributed by atoms with Gasteiger partial charge >= 0.3 is 12.2 Å². The third-order valence-corrected chi connectivity index (χ3v) is 3.67. The second-order valence-corrected chi connectivity index (χ2v) is 6.05. The first kappa shape index (κ1) is 21.7. The van der Waals surface area contributed by atoms with E-state index >= 15 is 0 Å². The van der Waals surface area contributed by atoms with Crippen LogP contribution in [0.2, 0.25) is 0 Å². The summed E-state index contributed by atoms with van der Waals surface area (Å²) in [5.41, 5.74) is 2.24. The van der Waals surface area contributed by atoms with Gasteiger partial charge in [-0.3, -0.25) is 14.9 Å². The molecule has 0 aliphatic carbocycles. The molecule has 2 aromatic rings. The molecule has 2 aromatic carbocycles. The molecule has 4 amide bonds. The summed E-state index contributed by atoms with van der Waals surface area (Å²) in [6, 6.07) is 12.4. The Morgan fingerprint density at radius 2 is 1.69 bits per heavy atom. The third-order valence-electron chi connectivity index (χ3n) is 3.67. The summed E-state index contributed by atoms with van der Waals surface area (Å²) < 4.78 is 36.1. The zero-order valence-corrected chi connectivity index (χ0v) is 15.4. The number of anilines is 2. The van der Waals surface area contributed by atoms with Gasteiger partial charge in [0.25, 0.3) is 5.91 Å². The van der Waals surface area contributed by atoms with Crippen LogP contribution in [0.3, 0.4) is 0 Å². The summed E-state index contributed by atoms with van der Waals surface area (Å²) in [4.78, 5) is 35.2. The molecule has 0 fully saturated rings. The molecule has 0 aromatic heterocycles. The highest BCUT2D eigenvalue weighted by Gasteiger charge is 2.27. The van der Waals surface area contributed by atoms with Crippen molar-refractivity contribution in [2.75, 3.05) is 23.7 Å². The van der Waals surface area contributed by atoms with E-state index in [0.717, 1.165) is 5.56 Å². The van der Waals surface area contributed by atoms with Crippen molar-refractivity contribution in [3.63, 3.8) is 0 Å². The number of hydrogen-bond donors (Lipinski definition) is 4. The predicted molar refractivity (Wildman–Crippen MR) is 102 cm³/mol. The molecule has 29 heavy (non-hydrogen) atoms. The van der Waals surface area contributed by atoms with Crippen LogP contribution in [0, 0.1) is 6.92 Å². The third kappa shape index (κ3) is 7.53. The molecule has 0 bridgehead atoms. The normalized spacial score (nSPS) is 10.8. The highest BCUT2D eigenvalue weighted by molar-refractivity contribution is 6.04. The minimum absolute atomic E-state index is 0.306. The maximum absolute atomic E-state index is 12.2. The molecule has 2 rings (SSSR count). The second-order valence-electron chi connectivity index (χ2n) is 6.05. The summed E-state index contributed by atoms with van der Waals surface area (Å²) >= 11 is 0. The van der Waals surface area contributed by atoms with Crippen molar-refractivity contribution in [2.45, 2.75) is 13.1 Å². The van der Waals surface area contributed by atoms with Gasteiger partial charge in [-0.2, -0.15) is 13.2 Å². The molecule has 0 heterocycles.